The minimum absolute atomic E-state index is 0.0731. The van der Waals surface area contributed by atoms with Crippen molar-refractivity contribution in [1.82, 2.24) is 15.3 Å². The Morgan fingerprint density at radius 2 is 1.92 bits per heavy atom. The first-order valence-electron chi connectivity index (χ1n) is 8.58. The Bertz CT molecular complexity index is 748. The normalized spacial score (nSPS) is 14.2. The fourth-order valence-corrected chi connectivity index (χ4v) is 3.03. The number of carbonyl (C=O) groups is 1. The minimum atomic E-state index is -0.0731. The van der Waals surface area contributed by atoms with Gasteiger partial charge in [0.1, 0.15) is 17.5 Å². The Balaban J connectivity index is 1.50. The Labute approximate surface area is 166 Å². The van der Waals surface area contributed by atoms with Gasteiger partial charge in [-0.05, 0) is 53.8 Å². The zero-order valence-electron chi connectivity index (χ0n) is 14.7. The van der Waals surface area contributed by atoms with Gasteiger partial charge in [-0.2, -0.15) is 0 Å². The van der Waals surface area contributed by atoms with Crippen LogP contribution >= 0.6 is 22.6 Å². The predicted molar refractivity (Wildman–Crippen MR) is 110 cm³/mol. The van der Waals surface area contributed by atoms with Gasteiger partial charge in [-0.3, -0.25) is 4.79 Å². The van der Waals surface area contributed by atoms with Crippen molar-refractivity contribution in [3.8, 4) is 0 Å². The van der Waals surface area contributed by atoms with Gasteiger partial charge in [0.2, 0.25) is 0 Å². The van der Waals surface area contributed by atoms with Crippen LogP contribution in [0.1, 0.15) is 16.2 Å². The van der Waals surface area contributed by atoms with Gasteiger partial charge in [-0.25, -0.2) is 9.97 Å². The monoisotopic (exact) mass is 467 g/mol. The molecule has 0 spiro atoms. The van der Waals surface area contributed by atoms with E-state index in [0.29, 0.717) is 18.7 Å². The Hall–Kier alpha value is -1.94. The molecule has 1 aliphatic heterocycles. The Morgan fingerprint density at radius 1 is 1.19 bits per heavy atom. The van der Waals surface area contributed by atoms with Crippen LogP contribution in [0.25, 0.3) is 0 Å². The van der Waals surface area contributed by atoms with Crippen molar-refractivity contribution in [2.24, 2.45) is 0 Å². The molecule has 1 fully saturated rings. The number of morpholine rings is 1. The third kappa shape index (κ3) is 5.28. The molecular formula is C18H22IN5O2. The molecule has 1 saturated heterocycles. The SMILES string of the molecule is Cc1nc(NCCNC(=O)c2ccc(I)cc2)cc(N2CCOCC2)n1. The van der Waals surface area contributed by atoms with Gasteiger partial charge >= 0.3 is 0 Å². The maximum Gasteiger partial charge on any atom is 0.251 e. The highest BCUT2D eigenvalue weighted by Gasteiger charge is 2.14. The highest BCUT2D eigenvalue weighted by Crippen LogP contribution is 2.17. The standard InChI is InChI=1S/C18H22IN5O2/c1-13-22-16(12-17(23-13)24-8-10-26-11-9-24)20-6-7-21-18(25)14-2-4-15(19)5-3-14/h2-5,12H,6-11H2,1H3,(H,21,25)(H,20,22,23). The summed E-state index contributed by atoms with van der Waals surface area (Å²) in [7, 11) is 0. The molecule has 1 aliphatic rings. The lowest BCUT2D eigenvalue weighted by atomic mass is 10.2. The lowest BCUT2D eigenvalue weighted by Gasteiger charge is -2.28. The van der Waals surface area contributed by atoms with Crippen LogP contribution in [0.2, 0.25) is 0 Å². The third-order valence-corrected chi connectivity index (χ3v) is 4.70. The zero-order chi connectivity index (χ0) is 18.4. The number of rotatable bonds is 6. The Kier molecular flexibility index (Phi) is 6.62. The first-order chi connectivity index (χ1) is 12.6. The van der Waals surface area contributed by atoms with Crippen LogP contribution in [0, 0.1) is 10.5 Å². The number of nitrogens with zero attached hydrogens (tertiary/aromatic N) is 3. The lowest BCUT2D eigenvalue weighted by Crippen LogP contribution is -2.37. The Morgan fingerprint density at radius 3 is 2.65 bits per heavy atom. The molecule has 8 heteroatoms. The number of carbonyl (C=O) groups excluding carboxylic acids is 1. The number of ether oxygens (including phenoxy) is 1. The summed E-state index contributed by atoms with van der Waals surface area (Å²) in [6.07, 6.45) is 0. The molecule has 0 radical (unpaired) electrons. The summed E-state index contributed by atoms with van der Waals surface area (Å²) in [6, 6.07) is 9.44. The van der Waals surface area contributed by atoms with E-state index >= 15 is 0 Å². The second kappa shape index (κ2) is 9.13. The average Bonchev–Trinajstić information content (AvgIpc) is 2.66. The van der Waals surface area contributed by atoms with E-state index in [2.05, 4.69) is 48.1 Å². The summed E-state index contributed by atoms with van der Waals surface area (Å²) in [5.41, 5.74) is 0.665. The van der Waals surface area contributed by atoms with Crippen molar-refractivity contribution < 1.29 is 9.53 Å². The molecular weight excluding hydrogens is 445 g/mol. The van der Waals surface area contributed by atoms with E-state index in [-0.39, 0.29) is 5.91 Å². The summed E-state index contributed by atoms with van der Waals surface area (Å²) in [5.74, 6) is 2.32. The van der Waals surface area contributed by atoms with Crippen molar-refractivity contribution in [2.45, 2.75) is 6.92 Å². The molecule has 0 saturated carbocycles. The van der Waals surface area contributed by atoms with Crippen molar-refractivity contribution in [1.29, 1.82) is 0 Å². The van der Waals surface area contributed by atoms with Crippen LogP contribution in [0.5, 0.6) is 0 Å². The number of aryl methyl sites for hydroxylation is 1. The van der Waals surface area contributed by atoms with Crippen LogP contribution in [-0.4, -0.2) is 55.3 Å². The third-order valence-electron chi connectivity index (χ3n) is 3.98. The van der Waals surface area contributed by atoms with Gasteiger partial charge in [0, 0.05) is 41.4 Å². The van der Waals surface area contributed by atoms with E-state index in [0.717, 1.165) is 47.3 Å². The van der Waals surface area contributed by atoms with Gasteiger partial charge in [0.05, 0.1) is 13.2 Å². The van der Waals surface area contributed by atoms with Crippen LogP contribution in [0.15, 0.2) is 30.3 Å². The largest absolute Gasteiger partial charge is 0.378 e. The van der Waals surface area contributed by atoms with E-state index in [9.17, 15) is 4.79 Å². The summed E-state index contributed by atoms with van der Waals surface area (Å²) in [4.78, 5) is 23.2. The number of amides is 1. The zero-order valence-corrected chi connectivity index (χ0v) is 16.8. The number of halogens is 1. The van der Waals surface area contributed by atoms with Crippen LogP contribution in [0.3, 0.4) is 0 Å². The average molecular weight is 467 g/mol. The summed E-state index contributed by atoms with van der Waals surface area (Å²) >= 11 is 2.22. The molecule has 2 N–H and O–H groups in total. The number of anilines is 2. The molecule has 0 atom stereocenters. The van der Waals surface area contributed by atoms with Crippen molar-refractivity contribution in [2.75, 3.05) is 49.6 Å². The smallest absolute Gasteiger partial charge is 0.251 e. The number of benzene rings is 1. The predicted octanol–water partition coefficient (Wildman–Crippen LogP) is 2.07. The highest BCUT2D eigenvalue weighted by atomic mass is 127. The van der Waals surface area contributed by atoms with E-state index in [1.165, 1.54) is 0 Å². The topological polar surface area (TPSA) is 79.4 Å². The highest BCUT2D eigenvalue weighted by molar-refractivity contribution is 14.1. The molecule has 1 aromatic heterocycles. The first kappa shape index (κ1) is 18.8. The molecule has 2 heterocycles. The number of aromatic nitrogens is 2. The van der Waals surface area contributed by atoms with Gasteiger partial charge in [0.25, 0.3) is 5.91 Å². The van der Waals surface area contributed by atoms with Crippen LogP contribution < -0.4 is 15.5 Å². The number of nitrogens with one attached hydrogen (secondary N) is 2. The molecule has 7 nitrogen and oxygen atoms in total. The van der Waals surface area contributed by atoms with Crippen molar-refractivity contribution >= 4 is 40.1 Å². The molecule has 0 bridgehead atoms. The number of hydrogen-bond acceptors (Lipinski definition) is 6. The van der Waals surface area contributed by atoms with Gasteiger partial charge in [-0.15, -0.1) is 0 Å². The summed E-state index contributed by atoms with van der Waals surface area (Å²) in [6.45, 7) is 6.10. The molecule has 0 aliphatic carbocycles. The van der Waals surface area contributed by atoms with Crippen LogP contribution in [-0.2, 0) is 4.74 Å². The van der Waals surface area contributed by atoms with Crippen LogP contribution in [0.4, 0.5) is 11.6 Å². The van der Waals surface area contributed by atoms with E-state index in [1.807, 2.05) is 37.3 Å². The molecule has 1 amide bonds. The van der Waals surface area contributed by atoms with Crippen molar-refractivity contribution in [3.63, 3.8) is 0 Å². The molecule has 138 valence electrons. The minimum Gasteiger partial charge on any atom is -0.378 e. The molecule has 26 heavy (non-hydrogen) atoms. The quantitative estimate of drug-likeness (QED) is 0.501. The molecule has 0 unspecified atom stereocenters. The van der Waals surface area contributed by atoms with E-state index in [1.54, 1.807) is 0 Å². The van der Waals surface area contributed by atoms with Gasteiger partial charge < -0.3 is 20.3 Å². The second-order valence-electron chi connectivity index (χ2n) is 5.95. The molecule has 3 rings (SSSR count). The van der Waals surface area contributed by atoms with Gasteiger partial charge in [0.15, 0.2) is 0 Å². The van der Waals surface area contributed by atoms with Gasteiger partial charge in [-0.1, -0.05) is 0 Å². The summed E-state index contributed by atoms with van der Waals surface area (Å²) in [5, 5.41) is 6.16. The van der Waals surface area contributed by atoms with E-state index in [4.69, 9.17) is 4.74 Å². The molecule has 2 aromatic rings. The maximum atomic E-state index is 12.1. The molecule has 1 aromatic carbocycles. The van der Waals surface area contributed by atoms with E-state index < -0.39 is 0 Å². The maximum absolute atomic E-state index is 12.1. The van der Waals surface area contributed by atoms with Crippen molar-refractivity contribution in [3.05, 3.63) is 45.3 Å². The fourth-order valence-electron chi connectivity index (χ4n) is 2.67. The fraction of sp³-hybridized carbons (Fsp3) is 0.389. The summed E-state index contributed by atoms with van der Waals surface area (Å²) < 4.78 is 6.49. The lowest BCUT2D eigenvalue weighted by molar-refractivity contribution is 0.0955. The first-order valence-corrected chi connectivity index (χ1v) is 9.66. The second-order valence-corrected chi connectivity index (χ2v) is 7.19. The number of hydrogen-bond donors (Lipinski definition) is 2.